The molecule has 150 valence electrons. The highest BCUT2D eigenvalue weighted by atomic mass is 35.5. The average Bonchev–Trinajstić information content (AvgIpc) is 2.94. The van der Waals surface area contributed by atoms with Gasteiger partial charge in [-0.15, -0.1) is 11.3 Å². The fourth-order valence-corrected chi connectivity index (χ4v) is 4.84. The number of amides is 2. The number of thiophene rings is 1. The van der Waals surface area contributed by atoms with Gasteiger partial charge in [-0.25, -0.2) is 0 Å². The van der Waals surface area contributed by atoms with E-state index in [0.29, 0.717) is 21.3 Å². The van der Waals surface area contributed by atoms with Crippen LogP contribution in [-0.4, -0.2) is 17.9 Å². The van der Waals surface area contributed by atoms with Gasteiger partial charge in [-0.3, -0.25) is 9.59 Å². The number of fused-ring (bicyclic) bond motifs is 1. The number of ether oxygens (including phenoxy) is 1. The molecule has 1 aliphatic carbocycles. The standard InChI is InChI=1S/C21H25ClN2O3S/c1-12-11-14(9-10-16(12)22)27-13(2)20(26)24-21-18(19(23)25)15-7-5-3-4-6-8-17(15)28-21/h9-11,13H,3-8H2,1-2H3,(H2,23,25)(H,24,26)/t13-/m1/s1. The van der Waals surface area contributed by atoms with Crippen LogP contribution in [0.5, 0.6) is 5.75 Å². The molecule has 7 heteroatoms. The fourth-order valence-electron chi connectivity index (χ4n) is 3.43. The van der Waals surface area contributed by atoms with Crippen molar-refractivity contribution in [3.05, 3.63) is 44.8 Å². The van der Waals surface area contributed by atoms with Gasteiger partial charge in [0.1, 0.15) is 10.8 Å². The fraction of sp³-hybridized carbons (Fsp3) is 0.429. The van der Waals surface area contributed by atoms with Crippen LogP contribution < -0.4 is 15.8 Å². The summed E-state index contributed by atoms with van der Waals surface area (Å²) in [4.78, 5) is 25.9. The number of anilines is 1. The average molecular weight is 421 g/mol. The van der Waals surface area contributed by atoms with Gasteiger partial charge in [0, 0.05) is 9.90 Å². The molecule has 3 N–H and O–H groups in total. The van der Waals surface area contributed by atoms with Crippen LogP contribution >= 0.6 is 22.9 Å². The van der Waals surface area contributed by atoms with Crippen molar-refractivity contribution in [2.24, 2.45) is 5.73 Å². The lowest BCUT2D eigenvalue weighted by atomic mass is 9.96. The predicted octanol–water partition coefficient (Wildman–Crippen LogP) is 4.87. The Balaban J connectivity index is 1.78. The number of nitrogens with two attached hydrogens (primary N) is 1. The number of primary amides is 1. The van der Waals surface area contributed by atoms with Gasteiger partial charge in [0.25, 0.3) is 11.8 Å². The van der Waals surface area contributed by atoms with E-state index in [0.717, 1.165) is 48.1 Å². The Morgan fingerprint density at radius 3 is 2.61 bits per heavy atom. The smallest absolute Gasteiger partial charge is 0.265 e. The van der Waals surface area contributed by atoms with Crippen molar-refractivity contribution in [2.75, 3.05) is 5.32 Å². The normalized spacial score (nSPS) is 15.1. The lowest BCUT2D eigenvalue weighted by Gasteiger charge is -2.15. The summed E-state index contributed by atoms with van der Waals surface area (Å²) in [7, 11) is 0. The van der Waals surface area contributed by atoms with Gasteiger partial charge in [0.05, 0.1) is 5.56 Å². The molecule has 0 unspecified atom stereocenters. The van der Waals surface area contributed by atoms with Crippen molar-refractivity contribution in [1.82, 2.24) is 0 Å². The van der Waals surface area contributed by atoms with Crippen molar-refractivity contribution < 1.29 is 14.3 Å². The maximum absolute atomic E-state index is 12.7. The summed E-state index contributed by atoms with van der Waals surface area (Å²) in [6, 6.07) is 5.25. The minimum absolute atomic E-state index is 0.315. The molecular weight excluding hydrogens is 396 g/mol. The van der Waals surface area contributed by atoms with Gasteiger partial charge in [-0.05, 0) is 68.9 Å². The van der Waals surface area contributed by atoms with Crippen LogP contribution in [-0.2, 0) is 17.6 Å². The minimum Gasteiger partial charge on any atom is -0.481 e. The summed E-state index contributed by atoms with van der Waals surface area (Å²) < 4.78 is 5.74. The molecule has 0 saturated heterocycles. The third-order valence-corrected chi connectivity index (χ3v) is 6.60. The lowest BCUT2D eigenvalue weighted by Crippen LogP contribution is -2.30. The third kappa shape index (κ3) is 4.67. The largest absolute Gasteiger partial charge is 0.481 e. The summed E-state index contributed by atoms with van der Waals surface area (Å²) in [6.07, 6.45) is 5.49. The van der Waals surface area contributed by atoms with Gasteiger partial charge >= 0.3 is 0 Å². The van der Waals surface area contributed by atoms with E-state index in [1.165, 1.54) is 17.8 Å². The van der Waals surface area contributed by atoms with Crippen molar-refractivity contribution >= 4 is 39.8 Å². The lowest BCUT2D eigenvalue weighted by molar-refractivity contribution is -0.122. The van der Waals surface area contributed by atoms with Gasteiger partial charge in [0.2, 0.25) is 0 Å². The number of rotatable bonds is 5. The number of hydrogen-bond acceptors (Lipinski definition) is 4. The molecule has 1 aromatic carbocycles. The summed E-state index contributed by atoms with van der Waals surface area (Å²) >= 11 is 7.49. The first kappa shape index (κ1) is 20.7. The van der Waals surface area contributed by atoms with Gasteiger partial charge in [-0.1, -0.05) is 24.4 Å². The van der Waals surface area contributed by atoms with Crippen LogP contribution in [0, 0.1) is 6.92 Å². The van der Waals surface area contributed by atoms with Gasteiger partial charge in [-0.2, -0.15) is 0 Å². The van der Waals surface area contributed by atoms with Crippen molar-refractivity contribution in [1.29, 1.82) is 0 Å². The highest BCUT2D eigenvalue weighted by molar-refractivity contribution is 7.17. The van der Waals surface area contributed by atoms with E-state index in [1.54, 1.807) is 25.1 Å². The summed E-state index contributed by atoms with van der Waals surface area (Å²) in [5, 5.41) is 4.04. The van der Waals surface area contributed by atoms with Crippen molar-refractivity contribution in [2.45, 2.75) is 58.5 Å². The van der Waals surface area contributed by atoms with E-state index in [-0.39, 0.29) is 5.91 Å². The highest BCUT2D eigenvalue weighted by Gasteiger charge is 2.25. The van der Waals surface area contributed by atoms with E-state index < -0.39 is 12.0 Å². The summed E-state index contributed by atoms with van der Waals surface area (Å²) in [5.41, 5.74) is 8.00. The third-order valence-electron chi connectivity index (χ3n) is 4.97. The van der Waals surface area contributed by atoms with Gasteiger partial charge < -0.3 is 15.8 Å². The van der Waals surface area contributed by atoms with Crippen LogP contribution in [0.25, 0.3) is 0 Å². The van der Waals surface area contributed by atoms with Crippen LogP contribution in [0.4, 0.5) is 5.00 Å². The molecule has 1 aromatic heterocycles. The maximum atomic E-state index is 12.7. The monoisotopic (exact) mass is 420 g/mol. The topological polar surface area (TPSA) is 81.4 Å². The molecule has 0 radical (unpaired) electrons. The number of hydrogen-bond donors (Lipinski definition) is 2. The molecule has 1 aliphatic rings. The Morgan fingerprint density at radius 1 is 1.21 bits per heavy atom. The maximum Gasteiger partial charge on any atom is 0.265 e. The van der Waals surface area contributed by atoms with Crippen LogP contribution in [0.3, 0.4) is 0 Å². The zero-order valence-corrected chi connectivity index (χ0v) is 17.7. The molecule has 0 spiro atoms. The van der Waals surface area contributed by atoms with Crippen molar-refractivity contribution in [3.8, 4) is 5.75 Å². The van der Waals surface area contributed by atoms with E-state index >= 15 is 0 Å². The minimum atomic E-state index is -0.731. The SMILES string of the molecule is Cc1cc(O[C@H](C)C(=O)Nc2sc3c(c2C(N)=O)CCCCCC3)ccc1Cl. The molecule has 1 heterocycles. The van der Waals surface area contributed by atoms with Gasteiger partial charge in [0.15, 0.2) is 6.10 Å². The molecular formula is C21H25ClN2O3S. The second-order valence-corrected chi connectivity index (χ2v) is 8.66. The Morgan fingerprint density at radius 2 is 1.93 bits per heavy atom. The first-order valence-electron chi connectivity index (χ1n) is 9.55. The zero-order chi connectivity index (χ0) is 20.3. The highest BCUT2D eigenvalue weighted by Crippen LogP contribution is 2.37. The van der Waals surface area contributed by atoms with E-state index in [2.05, 4.69) is 5.32 Å². The molecule has 1 atom stereocenters. The van der Waals surface area contributed by atoms with Crippen molar-refractivity contribution in [3.63, 3.8) is 0 Å². The number of benzene rings is 1. The first-order chi connectivity index (χ1) is 13.4. The molecule has 0 fully saturated rings. The summed E-state index contributed by atoms with van der Waals surface area (Å²) in [5.74, 6) is -0.238. The number of carbonyl (C=O) groups is 2. The molecule has 0 saturated carbocycles. The van der Waals surface area contributed by atoms with Crippen LogP contribution in [0.15, 0.2) is 18.2 Å². The predicted molar refractivity (Wildman–Crippen MR) is 114 cm³/mol. The second-order valence-electron chi connectivity index (χ2n) is 7.15. The number of halogens is 1. The Bertz CT molecular complexity index is 894. The Hall–Kier alpha value is -2.05. The van der Waals surface area contributed by atoms with Crippen LogP contribution in [0.1, 0.15) is 59.0 Å². The second kappa shape index (κ2) is 8.97. The molecule has 0 bridgehead atoms. The molecule has 28 heavy (non-hydrogen) atoms. The van der Waals surface area contributed by atoms with E-state index in [1.807, 2.05) is 6.92 Å². The molecule has 3 rings (SSSR count). The Kier molecular flexibility index (Phi) is 6.62. The number of carbonyl (C=O) groups excluding carboxylic acids is 2. The molecule has 2 aromatic rings. The summed E-state index contributed by atoms with van der Waals surface area (Å²) in [6.45, 7) is 3.55. The zero-order valence-electron chi connectivity index (χ0n) is 16.1. The number of aryl methyl sites for hydroxylation is 2. The van der Waals surface area contributed by atoms with E-state index in [4.69, 9.17) is 22.1 Å². The quantitative estimate of drug-likeness (QED) is 0.723. The number of nitrogens with one attached hydrogen (secondary N) is 1. The molecule has 2 amide bonds. The Labute approximate surface area is 174 Å². The van der Waals surface area contributed by atoms with Crippen LogP contribution in [0.2, 0.25) is 5.02 Å². The molecule has 5 nitrogen and oxygen atoms in total. The first-order valence-corrected chi connectivity index (χ1v) is 10.7. The van der Waals surface area contributed by atoms with E-state index in [9.17, 15) is 9.59 Å². The molecule has 0 aliphatic heterocycles.